The highest BCUT2D eigenvalue weighted by atomic mass is 127. The van der Waals surface area contributed by atoms with Gasteiger partial charge in [-0.2, -0.15) is 0 Å². The first-order valence-electron chi connectivity index (χ1n) is 6.14. The van der Waals surface area contributed by atoms with E-state index in [1.807, 2.05) is 11.9 Å². The van der Waals surface area contributed by atoms with Crippen LogP contribution in [0.3, 0.4) is 0 Å². The Labute approximate surface area is 134 Å². The van der Waals surface area contributed by atoms with Gasteiger partial charge in [0.15, 0.2) is 5.96 Å². The fourth-order valence-electron chi connectivity index (χ4n) is 1.65. The molecule has 20 heavy (non-hydrogen) atoms. The van der Waals surface area contributed by atoms with Crippen molar-refractivity contribution in [1.82, 2.24) is 4.90 Å². The maximum atomic E-state index is 12.7. The van der Waals surface area contributed by atoms with Crippen LogP contribution in [-0.4, -0.2) is 36.4 Å². The number of aliphatic imine (C=N–C) groups is 1. The average molecular weight is 392 g/mol. The van der Waals surface area contributed by atoms with E-state index < -0.39 is 0 Å². The van der Waals surface area contributed by atoms with Crippen molar-refractivity contribution < 1.29 is 9.18 Å². The first-order valence-corrected chi connectivity index (χ1v) is 6.14. The zero-order valence-electron chi connectivity index (χ0n) is 11.2. The zero-order valence-corrected chi connectivity index (χ0v) is 13.5. The number of carbonyl (C=O) groups excluding carboxylic acids is 1. The highest BCUT2D eigenvalue weighted by molar-refractivity contribution is 14.0. The zero-order chi connectivity index (χ0) is 13.8. The van der Waals surface area contributed by atoms with Crippen molar-refractivity contribution in [2.24, 2.45) is 10.7 Å². The second-order valence-electron chi connectivity index (χ2n) is 4.57. The number of guanidine groups is 1. The number of nitrogens with one attached hydrogen (secondary N) is 1. The number of benzene rings is 1. The van der Waals surface area contributed by atoms with Crippen molar-refractivity contribution in [3.8, 4) is 0 Å². The molecular weight excluding hydrogens is 374 g/mol. The van der Waals surface area contributed by atoms with Gasteiger partial charge in [-0.15, -0.1) is 24.0 Å². The van der Waals surface area contributed by atoms with Crippen LogP contribution in [-0.2, 0) is 4.79 Å². The van der Waals surface area contributed by atoms with E-state index in [4.69, 9.17) is 5.73 Å². The molecule has 0 aliphatic heterocycles. The van der Waals surface area contributed by atoms with Crippen molar-refractivity contribution in [3.63, 3.8) is 0 Å². The summed E-state index contributed by atoms with van der Waals surface area (Å²) < 4.78 is 12.7. The Hall–Kier alpha value is -1.38. The smallest absolute Gasteiger partial charge is 0.246 e. The number of rotatable bonds is 4. The molecule has 7 heteroatoms. The number of halogens is 2. The highest BCUT2D eigenvalue weighted by Crippen LogP contribution is 2.24. The average Bonchev–Trinajstić information content (AvgIpc) is 3.22. The lowest BCUT2D eigenvalue weighted by Gasteiger charge is -2.16. The van der Waals surface area contributed by atoms with Crippen LogP contribution < -0.4 is 11.1 Å². The van der Waals surface area contributed by atoms with Crippen LogP contribution in [0.25, 0.3) is 0 Å². The normalized spacial score (nSPS) is 14.4. The predicted octanol–water partition coefficient (Wildman–Crippen LogP) is 1.79. The van der Waals surface area contributed by atoms with E-state index in [9.17, 15) is 9.18 Å². The summed E-state index contributed by atoms with van der Waals surface area (Å²) in [4.78, 5) is 17.5. The molecule has 2 rings (SSSR count). The third-order valence-electron chi connectivity index (χ3n) is 2.97. The van der Waals surface area contributed by atoms with Crippen molar-refractivity contribution in [2.45, 2.75) is 18.9 Å². The van der Waals surface area contributed by atoms with E-state index in [1.165, 1.54) is 24.3 Å². The van der Waals surface area contributed by atoms with Gasteiger partial charge in [-0.05, 0) is 37.1 Å². The summed E-state index contributed by atoms with van der Waals surface area (Å²) in [5.74, 6) is -0.248. The maximum Gasteiger partial charge on any atom is 0.246 e. The van der Waals surface area contributed by atoms with Crippen LogP contribution >= 0.6 is 24.0 Å². The van der Waals surface area contributed by atoms with Crippen molar-refractivity contribution in [3.05, 3.63) is 30.1 Å². The molecule has 0 radical (unpaired) electrons. The molecule has 1 aliphatic rings. The summed E-state index contributed by atoms with van der Waals surface area (Å²) in [5.41, 5.74) is 6.30. The molecule has 0 spiro atoms. The Bertz CT molecular complexity index is 488. The van der Waals surface area contributed by atoms with E-state index in [-0.39, 0.29) is 42.2 Å². The molecule has 0 aromatic heterocycles. The molecule has 0 heterocycles. The van der Waals surface area contributed by atoms with Gasteiger partial charge in [0.2, 0.25) is 5.91 Å². The van der Waals surface area contributed by atoms with Gasteiger partial charge in [0.25, 0.3) is 0 Å². The lowest BCUT2D eigenvalue weighted by Crippen LogP contribution is -2.36. The molecule has 1 aromatic rings. The molecule has 1 fully saturated rings. The Morgan fingerprint density at radius 2 is 2.05 bits per heavy atom. The quantitative estimate of drug-likeness (QED) is 0.467. The highest BCUT2D eigenvalue weighted by Gasteiger charge is 2.27. The van der Waals surface area contributed by atoms with Crippen LogP contribution in [0, 0.1) is 5.82 Å². The molecule has 1 aliphatic carbocycles. The maximum absolute atomic E-state index is 12.7. The summed E-state index contributed by atoms with van der Waals surface area (Å²) >= 11 is 0. The van der Waals surface area contributed by atoms with Gasteiger partial charge in [-0.25, -0.2) is 9.38 Å². The standard InChI is InChI=1S/C13H17FN4O.HI/c1-18(11-6-7-11)13(15)16-8-12(19)17-10-4-2-9(14)3-5-10;/h2-5,11H,6-8H2,1H3,(H2,15,16)(H,17,19);1H. The van der Waals surface area contributed by atoms with Crippen LogP contribution in [0.1, 0.15) is 12.8 Å². The van der Waals surface area contributed by atoms with E-state index in [0.717, 1.165) is 12.8 Å². The van der Waals surface area contributed by atoms with Crippen LogP contribution in [0.4, 0.5) is 10.1 Å². The second kappa shape index (κ2) is 7.41. The number of nitrogens with two attached hydrogens (primary N) is 1. The van der Waals surface area contributed by atoms with Crippen molar-refractivity contribution in [1.29, 1.82) is 0 Å². The molecular formula is C13H18FIN4O. The fraction of sp³-hybridized carbons (Fsp3) is 0.385. The summed E-state index contributed by atoms with van der Waals surface area (Å²) in [6, 6.07) is 6.03. The van der Waals surface area contributed by atoms with Crippen LogP contribution in [0.15, 0.2) is 29.3 Å². The molecule has 0 saturated heterocycles. The second-order valence-corrected chi connectivity index (χ2v) is 4.57. The molecule has 1 aromatic carbocycles. The van der Waals surface area contributed by atoms with Gasteiger partial charge < -0.3 is 16.0 Å². The molecule has 1 amide bonds. The van der Waals surface area contributed by atoms with E-state index in [0.29, 0.717) is 17.7 Å². The van der Waals surface area contributed by atoms with Gasteiger partial charge in [0.1, 0.15) is 12.4 Å². The van der Waals surface area contributed by atoms with Crippen LogP contribution in [0.5, 0.6) is 0 Å². The Morgan fingerprint density at radius 1 is 1.45 bits per heavy atom. The van der Waals surface area contributed by atoms with E-state index in [2.05, 4.69) is 10.3 Å². The molecule has 0 unspecified atom stereocenters. The summed E-state index contributed by atoms with van der Waals surface area (Å²) in [7, 11) is 1.87. The Kier molecular flexibility index (Phi) is 6.18. The van der Waals surface area contributed by atoms with Gasteiger partial charge in [-0.3, -0.25) is 4.79 Å². The number of hydrogen-bond acceptors (Lipinski definition) is 2. The van der Waals surface area contributed by atoms with Gasteiger partial charge in [0.05, 0.1) is 0 Å². The fourth-order valence-corrected chi connectivity index (χ4v) is 1.65. The molecule has 3 N–H and O–H groups in total. The van der Waals surface area contributed by atoms with Gasteiger partial charge in [-0.1, -0.05) is 0 Å². The summed E-state index contributed by atoms with van der Waals surface area (Å²) in [5, 5.41) is 2.62. The lowest BCUT2D eigenvalue weighted by molar-refractivity contribution is -0.114. The minimum absolute atomic E-state index is 0. The number of nitrogens with zero attached hydrogens (tertiary/aromatic N) is 2. The number of amides is 1. The number of anilines is 1. The third-order valence-corrected chi connectivity index (χ3v) is 2.97. The van der Waals surface area contributed by atoms with Gasteiger partial charge >= 0.3 is 0 Å². The van der Waals surface area contributed by atoms with Crippen molar-refractivity contribution in [2.75, 3.05) is 18.9 Å². The third kappa shape index (κ3) is 4.95. The lowest BCUT2D eigenvalue weighted by atomic mass is 10.3. The first-order chi connectivity index (χ1) is 9.06. The number of carbonyl (C=O) groups is 1. The Morgan fingerprint density at radius 3 is 2.60 bits per heavy atom. The van der Waals surface area contributed by atoms with E-state index >= 15 is 0 Å². The van der Waals surface area contributed by atoms with Crippen molar-refractivity contribution >= 4 is 41.5 Å². The molecule has 0 bridgehead atoms. The Balaban J connectivity index is 0.00000200. The SMILES string of the molecule is CN(C(N)=NCC(=O)Nc1ccc(F)cc1)C1CC1.I. The van der Waals surface area contributed by atoms with Crippen LogP contribution in [0.2, 0.25) is 0 Å². The summed E-state index contributed by atoms with van der Waals surface area (Å²) in [6.45, 7) is -0.0414. The largest absolute Gasteiger partial charge is 0.370 e. The van der Waals surface area contributed by atoms with E-state index in [1.54, 1.807) is 0 Å². The molecule has 110 valence electrons. The summed E-state index contributed by atoms with van der Waals surface area (Å²) in [6.07, 6.45) is 2.24. The topological polar surface area (TPSA) is 70.7 Å². The molecule has 1 saturated carbocycles. The minimum Gasteiger partial charge on any atom is -0.370 e. The van der Waals surface area contributed by atoms with Gasteiger partial charge in [0, 0.05) is 18.8 Å². The monoisotopic (exact) mass is 392 g/mol. The molecule has 0 atom stereocenters. The minimum atomic E-state index is -0.341. The molecule has 5 nitrogen and oxygen atoms in total. The number of hydrogen-bond donors (Lipinski definition) is 2. The first kappa shape index (κ1) is 16.7. The predicted molar refractivity (Wildman–Crippen MR) is 87.7 cm³/mol.